The molecule has 28 heavy (non-hydrogen) atoms. The van der Waals surface area contributed by atoms with Crippen LogP contribution in [0.1, 0.15) is 40.2 Å². The summed E-state index contributed by atoms with van der Waals surface area (Å²) in [5.74, 6) is 0.0827. The number of carbonyl (C=O) groups excluding carboxylic acids is 1. The summed E-state index contributed by atoms with van der Waals surface area (Å²) in [6.07, 6.45) is 0.427. The van der Waals surface area contributed by atoms with Gasteiger partial charge in [-0.2, -0.15) is 4.39 Å². The summed E-state index contributed by atoms with van der Waals surface area (Å²) in [7, 11) is -4.10. The van der Waals surface area contributed by atoms with Gasteiger partial charge in [-0.05, 0) is 64.8 Å². The Morgan fingerprint density at radius 2 is 1.75 bits per heavy atom. The van der Waals surface area contributed by atoms with Crippen LogP contribution < -0.4 is 5.32 Å². The number of nitrogens with one attached hydrogen (secondary N) is 1. The van der Waals surface area contributed by atoms with Crippen LogP contribution in [0.3, 0.4) is 0 Å². The fourth-order valence-corrected chi connectivity index (χ4v) is 3.62. The number of amides is 1. The van der Waals surface area contributed by atoms with Gasteiger partial charge in [0.1, 0.15) is 11.4 Å². The molecule has 7 nitrogen and oxygen atoms in total. The minimum absolute atomic E-state index is 0.000656. The van der Waals surface area contributed by atoms with Crippen molar-refractivity contribution in [3.63, 3.8) is 0 Å². The number of alkyl carbamates (subject to hydrolysis) is 1. The highest BCUT2D eigenvalue weighted by Crippen LogP contribution is 2.56. The van der Waals surface area contributed by atoms with Crippen molar-refractivity contribution in [1.29, 1.82) is 0 Å². The molecule has 0 unspecified atom stereocenters. The Morgan fingerprint density at radius 3 is 2.21 bits per heavy atom. The highest BCUT2D eigenvalue weighted by Gasteiger charge is 2.32. The van der Waals surface area contributed by atoms with Crippen molar-refractivity contribution < 1.29 is 32.6 Å². The molecule has 0 aliphatic heterocycles. The Morgan fingerprint density at radius 1 is 1.21 bits per heavy atom. The Hall–Kier alpha value is -1.89. The van der Waals surface area contributed by atoms with E-state index in [0.29, 0.717) is 5.56 Å². The van der Waals surface area contributed by atoms with Crippen molar-refractivity contribution in [2.45, 2.75) is 52.7 Å². The van der Waals surface area contributed by atoms with Crippen LogP contribution in [0.2, 0.25) is 0 Å². The molecule has 1 aromatic rings. The quantitative estimate of drug-likeness (QED) is 0.555. The van der Waals surface area contributed by atoms with Crippen LogP contribution in [0.4, 0.5) is 9.18 Å². The van der Waals surface area contributed by atoms with Gasteiger partial charge in [0, 0.05) is 0 Å². The third-order valence-electron chi connectivity index (χ3n) is 3.29. The average molecular weight is 417 g/mol. The molecule has 9 heteroatoms. The van der Waals surface area contributed by atoms with Gasteiger partial charge < -0.3 is 24.2 Å². The van der Waals surface area contributed by atoms with E-state index in [-0.39, 0.29) is 25.4 Å². The normalized spacial score (nSPS) is 13.9. The van der Waals surface area contributed by atoms with Gasteiger partial charge in [-0.15, -0.1) is 0 Å². The second kappa shape index (κ2) is 10.6. The van der Waals surface area contributed by atoms with Crippen LogP contribution in [0, 0.1) is 0 Å². The smallest absolute Gasteiger partial charge is 0.408 e. The first-order chi connectivity index (χ1) is 13.0. The lowest BCUT2D eigenvalue weighted by Gasteiger charge is -2.23. The molecule has 1 rings (SSSR count). The molecule has 0 heterocycles. The third kappa shape index (κ3) is 8.42. The van der Waals surface area contributed by atoms with Gasteiger partial charge in [0.05, 0.1) is 19.3 Å². The zero-order chi connectivity index (χ0) is 21.4. The van der Waals surface area contributed by atoms with Crippen molar-refractivity contribution in [3.8, 4) is 5.75 Å². The molecule has 0 aromatic heterocycles. The number of benzene rings is 1. The van der Waals surface area contributed by atoms with E-state index < -0.39 is 30.9 Å². The van der Waals surface area contributed by atoms with Crippen molar-refractivity contribution in [3.05, 3.63) is 41.5 Å². The van der Waals surface area contributed by atoms with Crippen molar-refractivity contribution in [2.75, 3.05) is 13.2 Å². The zero-order valence-corrected chi connectivity index (χ0v) is 17.8. The van der Waals surface area contributed by atoms with Crippen molar-refractivity contribution in [2.24, 2.45) is 0 Å². The highest BCUT2D eigenvalue weighted by atomic mass is 31.2. The fraction of sp³-hybridized carbons (Fsp3) is 0.526. The molecular weight excluding hydrogens is 388 g/mol. The first-order valence-corrected chi connectivity index (χ1v) is 10.6. The molecule has 0 spiro atoms. The van der Waals surface area contributed by atoms with Crippen LogP contribution in [0.25, 0.3) is 0 Å². The maximum absolute atomic E-state index is 14.7. The van der Waals surface area contributed by atoms with Gasteiger partial charge in [-0.1, -0.05) is 12.1 Å². The number of phenolic OH excluding ortho intramolecular Hbond substituents is 1. The molecule has 0 saturated heterocycles. The first kappa shape index (κ1) is 24.1. The standard InChI is InChI=1S/C19H29FNO6P/c1-6-25-28(24,26-7-2)17(20)13-15(21-18(23)27-19(3,4)5)12-14-8-10-16(22)11-9-14/h8-11,13,15,22H,6-7,12H2,1-5H3,(H,21,23)/b17-13+/t15-/m1/s1. The topological polar surface area (TPSA) is 94.1 Å². The van der Waals surface area contributed by atoms with Gasteiger partial charge in [0.25, 0.3) is 0 Å². The lowest BCUT2D eigenvalue weighted by atomic mass is 10.1. The van der Waals surface area contributed by atoms with E-state index in [4.69, 9.17) is 13.8 Å². The largest absolute Gasteiger partial charge is 0.508 e. The molecule has 2 N–H and O–H groups in total. The SMILES string of the molecule is CCOP(=O)(OCC)/C(F)=C/[C@@H](Cc1ccc(O)cc1)NC(=O)OC(C)(C)C. The van der Waals surface area contributed by atoms with Crippen molar-refractivity contribution >= 4 is 13.7 Å². The summed E-state index contributed by atoms with van der Waals surface area (Å²) >= 11 is 0. The number of halogens is 1. The number of carbonyl (C=O) groups is 1. The van der Waals surface area contributed by atoms with Gasteiger partial charge in [-0.3, -0.25) is 4.57 Å². The predicted molar refractivity (Wildman–Crippen MR) is 105 cm³/mol. The third-order valence-corrected chi connectivity index (χ3v) is 5.16. The van der Waals surface area contributed by atoms with Crippen LogP contribution >= 0.6 is 7.60 Å². The molecule has 0 radical (unpaired) electrons. The fourth-order valence-electron chi connectivity index (χ4n) is 2.25. The van der Waals surface area contributed by atoms with E-state index >= 15 is 0 Å². The molecule has 0 bridgehead atoms. The summed E-state index contributed by atoms with van der Waals surface area (Å²) in [6, 6.07) is 5.34. The van der Waals surface area contributed by atoms with Gasteiger partial charge in [0.2, 0.25) is 5.57 Å². The maximum atomic E-state index is 14.7. The highest BCUT2D eigenvalue weighted by molar-refractivity contribution is 7.58. The predicted octanol–water partition coefficient (Wildman–Crippen LogP) is 4.91. The number of phenols is 1. The molecule has 1 atom stereocenters. The summed E-state index contributed by atoms with van der Waals surface area (Å²) in [4.78, 5) is 12.1. The molecule has 158 valence electrons. The number of rotatable bonds is 9. The number of hydrogen-bond acceptors (Lipinski definition) is 6. The maximum Gasteiger partial charge on any atom is 0.408 e. The summed E-state index contributed by atoms with van der Waals surface area (Å²) in [6.45, 7) is 8.27. The van der Waals surface area contributed by atoms with Gasteiger partial charge >= 0.3 is 13.7 Å². The van der Waals surface area contributed by atoms with E-state index in [1.165, 1.54) is 12.1 Å². The van der Waals surface area contributed by atoms with E-state index in [9.17, 15) is 18.9 Å². The monoisotopic (exact) mass is 417 g/mol. The zero-order valence-electron chi connectivity index (χ0n) is 16.9. The van der Waals surface area contributed by atoms with E-state index in [0.717, 1.165) is 6.08 Å². The van der Waals surface area contributed by atoms with Gasteiger partial charge in [0.15, 0.2) is 0 Å². The Bertz CT molecular complexity index is 704. The summed E-state index contributed by atoms with van der Waals surface area (Å²) in [5, 5.41) is 12.0. The molecular formula is C19H29FNO6P. The second-order valence-corrected chi connectivity index (χ2v) is 8.88. The Labute approximate surface area is 165 Å². The molecule has 0 saturated carbocycles. The lowest BCUT2D eigenvalue weighted by molar-refractivity contribution is 0.0514. The number of ether oxygens (including phenoxy) is 1. The molecule has 0 aliphatic rings. The van der Waals surface area contributed by atoms with E-state index in [1.54, 1.807) is 46.8 Å². The molecule has 0 aliphatic carbocycles. The van der Waals surface area contributed by atoms with Crippen LogP contribution in [0.5, 0.6) is 5.75 Å². The first-order valence-electron chi connectivity index (χ1n) is 9.03. The van der Waals surface area contributed by atoms with Crippen molar-refractivity contribution in [1.82, 2.24) is 5.32 Å². The van der Waals surface area contributed by atoms with Crippen LogP contribution in [0.15, 0.2) is 35.9 Å². The average Bonchev–Trinajstić information content (AvgIpc) is 2.55. The second-order valence-electron chi connectivity index (χ2n) is 6.95. The number of aromatic hydroxyl groups is 1. The Kier molecular flexibility index (Phi) is 9.14. The summed E-state index contributed by atoms with van der Waals surface area (Å²) < 4.78 is 42.6. The summed E-state index contributed by atoms with van der Waals surface area (Å²) in [5.41, 5.74) is -1.11. The lowest BCUT2D eigenvalue weighted by Crippen LogP contribution is -2.39. The minimum Gasteiger partial charge on any atom is -0.508 e. The van der Waals surface area contributed by atoms with Crippen LogP contribution in [-0.2, 0) is 24.8 Å². The molecule has 1 amide bonds. The van der Waals surface area contributed by atoms with E-state index in [2.05, 4.69) is 5.32 Å². The molecule has 1 aromatic carbocycles. The Balaban J connectivity index is 3.11. The van der Waals surface area contributed by atoms with Gasteiger partial charge in [-0.25, -0.2) is 4.79 Å². The minimum atomic E-state index is -4.10. The molecule has 0 fully saturated rings. The van der Waals surface area contributed by atoms with Crippen LogP contribution in [-0.4, -0.2) is 36.1 Å². The van der Waals surface area contributed by atoms with E-state index in [1.807, 2.05) is 0 Å². The number of hydrogen-bond donors (Lipinski definition) is 2.